The zero-order valence-electron chi connectivity index (χ0n) is 9.12. The van der Waals surface area contributed by atoms with E-state index < -0.39 is 0 Å². The van der Waals surface area contributed by atoms with Crippen molar-refractivity contribution >= 4 is 11.6 Å². The van der Waals surface area contributed by atoms with Crippen molar-refractivity contribution in [1.82, 2.24) is 5.32 Å². The van der Waals surface area contributed by atoms with Gasteiger partial charge in [-0.3, -0.25) is 0 Å². The molecule has 0 aromatic heterocycles. The molecular weight excluding hydrogens is 220 g/mol. The second kappa shape index (κ2) is 5.34. The van der Waals surface area contributed by atoms with Gasteiger partial charge in [-0.15, -0.1) is 0 Å². The highest BCUT2D eigenvalue weighted by Crippen LogP contribution is 2.25. The predicted molar refractivity (Wildman–Crippen MR) is 65.0 cm³/mol. The molecule has 3 heteroatoms. The number of benzene rings is 1. The van der Waals surface area contributed by atoms with Gasteiger partial charge in [0.2, 0.25) is 0 Å². The Balaban J connectivity index is 1.93. The van der Waals surface area contributed by atoms with E-state index in [0.717, 1.165) is 36.4 Å². The average Bonchev–Trinajstić information content (AvgIpc) is 2.75. The van der Waals surface area contributed by atoms with Crippen LogP contribution in [-0.2, 0) is 6.54 Å². The van der Waals surface area contributed by atoms with Crippen molar-refractivity contribution < 1.29 is 0 Å². The molecule has 2 unspecified atom stereocenters. The number of hydrogen-bond acceptors (Lipinski definition) is 2. The van der Waals surface area contributed by atoms with E-state index in [2.05, 4.69) is 11.4 Å². The maximum absolute atomic E-state index is 8.97. The third kappa shape index (κ3) is 2.55. The normalized spacial score (nSPS) is 24.2. The standard InChI is InChI=1S/C13H15ClN2/c14-12-6-2-1-4-11(12)9-16-13-7-3-5-10(13)8-15/h1-2,4,6,10,13,16H,3,5,7,9H2. The van der Waals surface area contributed by atoms with Crippen molar-refractivity contribution in [3.05, 3.63) is 34.9 Å². The fourth-order valence-electron chi connectivity index (χ4n) is 2.24. The Morgan fingerprint density at radius 3 is 2.94 bits per heavy atom. The van der Waals surface area contributed by atoms with Crippen LogP contribution in [0.5, 0.6) is 0 Å². The van der Waals surface area contributed by atoms with Crippen LogP contribution < -0.4 is 5.32 Å². The molecule has 0 bridgehead atoms. The summed E-state index contributed by atoms with van der Waals surface area (Å²) in [5.74, 6) is 0.169. The molecule has 1 aromatic rings. The van der Waals surface area contributed by atoms with E-state index in [1.165, 1.54) is 0 Å². The van der Waals surface area contributed by atoms with E-state index in [9.17, 15) is 0 Å². The molecule has 0 saturated heterocycles. The number of rotatable bonds is 3. The van der Waals surface area contributed by atoms with Crippen molar-refractivity contribution in [2.24, 2.45) is 5.92 Å². The smallest absolute Gasteiger partial charge is 0.0672 e. The summed E-state index contributed by atoms with van der Waals surface area (Å²) in [4.78, 5) is 0. The first-order valence-electron chi connectivity index (χ1n) is 5.67. The molecule has 2 atom stereocenters. The van der Waals surface area contributed by atoms with Gasteiger partial charge >= 0.3 is 0 Å². The summed E-state index contributed by atoms with van der Waals surface area (Å²) < 4.78 is 0. The molecule has 16 heavy (non-hydrogen) atoms. The van der Waals surface area contributed by atoms with Crippen LogP contribution in [0.15, 0.2) is 24.3 Å². The minimum absolute atomic E-state index is 0.169. The Bertz CT molecular complexity index is 397. The van der Waals surface area contributed by atoms with E-state index in [0.29, 0.717) is 6.04 Å². The molecule has 1 N–H and O–H groups in total. The second-order valence-corrected chi connectivity index (χ2v) is 4.65. The highest BCUT2D eigenvalue weighted by atomic mass is 35.5. The summed E-state index contributed by atoms with van der Waals surface area (Å²) in [5, 5.41) is 13.2. The summed E-state index contributed by atoms with van der Waals surface area (Å²) in [6, 6.07) is 10.5. The van der Waals surface area contributed by atoms with Crippen molar-refractivity contribution in [1.29, 1.82) is 5.26 Å². The zero-order valence-corrected chi connectivity index (χ0v) is 9.87. The highest BCUT2D eigenvalue weighted by Gasteiger charge is 2.26. The predicted octanol–water partition coefficient (Wildman–Crippen LogP) is 3.12. The van der Waals surface area contributed by atoms with Crippen LogP contribution in [-0.4, -0.2) is 6.04 Å². The molecule has 1 aliphatic rings. The SMILES string of the molecule is N#CC1CCCC1NCc1ccccc1Cl. The summed E-state index contributed by atoms with van der Waals surface area (Å²) in [6.07, 6.45) is 3.28. The molecule has 1 saturated carbocycles. The van der Waals surface area contributed by atoms with E-state index >= 15 is 0 Å². The molecule has 0 heterocycles. The Morgan fingerprint density at radius 1 is 1.38 bits per heavy atom. The fourth-order valence-corrected chi connectivity index (χ4v) is 2.44. The summed E-state index contributed by atoms with van der Waals surface area (Å²) in [7, 11) is 0. The molecular formula is C13H15ClN2. The topological polar surface area (TPSA) is 35.8 Å². The van der Waals surface area contributed by atoms with E-state index in [1.807, 2.05) is 24.3 Å². The van der Waals surface area contributed by atoms with E-state index in [-0.39, 0.29) is 5.92 Å². The largest absolute Gasteiger partial charge is 0.309 e. The Labute approximate surface area is 101 Å². The Hall–Kier alpha value is -1.04. The zero-order chi connectivity index (χ0) is 11.4. The maximum atomic E-state index is 8.97. The van der Waals surface area contributed by atoms with Crippen LogP contribution >= 0.6 is 11.6 Å². The molecule has 84 valence electrons. The molecule has 1 aliphatic carbocycles. The number of nitriles is 1. The first-order valence-corrected chi connectivity index (χ1v) is 6.05. The highest BCUT2D eigenvalue weighted by molar-refractivity contribution is 6.31. The van der Waals surface area contributed by atoms with Gasteiger partial charge in [0.15, 0.2) is 0 Å². The van der Waals surface area contributed by atoms with Crippen LogP contribution in [0.2, 0.25) is 5.02 Å². The lowest BCUT2D eigenvalue weighted by atomic mass is 10.1. The lowest BCUT2D eigenvalue weighted by Crippen LogP contribution is -2.31. The van der Waals surface area contributed by atoms with E-state index in [1.54, 1.807) is 0 Å². The van der Waals surface area contributed by atoms with Gasteiger partial charge in [0.25, 0.3) is 0 Å². The van der Waals surface area contributed by atoms with Crippen LogP contribution in [0.25, 0.3) is 0 Å². The average molecular weight is 235 g/mol. The molecule has 1 fully saturated rings. The lowest BCUT2D eigenvalue weighted by molar-refractivity contribution is 0.464. The minimum atomic E-state index is 0.169. The van der Waals surface area contributed by atoms with Gasteiger partial charge < -0.3 is 5.32 Å². The number of nitrogens with one attached hydrogen (secondary N) is 1. The van der Waals surface area contributed by atoms with Gasteiger partial charge in [-0.05, 0) is 24.5 Å². The maximum Gasteiger partial charge on any atom is 0.0672 e. The first kappa shape index (κ1) is 11.4. The van der Waals surface area contributed by atoms with Gasteiger partial charge in [-0.1, -0.05) is 36.2 Å². The molecule has 2 nitrogen and oxygen atoms in total. The lowest BCUT2D eigenvalue weighted by Gasteiger charge is -2.15. The van der Waals surface area contributed by atoms with Gasteiger partial charge in [0.05, 0.1) is 12.0 Å². The van der Waals surface area contributed by atoms with Gasteiger partial charge in [0.1, 0.15) is 0 Å². The van der Waals surface area contributed by atoms with Gasteiger partial charge in [-0.25, -0.2) is 0 Å². The molecule has 0 aliphatic heterocycles. The number of nitrogens with zero attached hydrogens (tertiary/aromatic N) is 1. The summed E-state index contributed by atoms with van der Waals surface area (Å²) in [6.45, 7) is 0.753. The number of halogens is 1. The Morgan fingerprint density at radius 2 is 2.19 bits per heavy atom. The summed E-state index contributed by atoms with van der Waals surface area (Å²) >= 11 is 6.07. The summed E-state index contributed by atoms with van der Waals surface area (Å²) in [5.41, 5.74) is 1.10. The van der Waals surface area contributed by atoms with Crippen molar-refractivity contribution in [2.75, 3.05) is 0 Å². The molecule has 0 radical (unpaired) electrons. The molecule has 2 rings (SSSR count). The van der Waals surface area contributed by atoms with Crippen molar-refractivity contribution in [3.63, 3.8) is 0 Å². The quantitative estimate of drug-likeness (QED) is 0.872. The monoisotopic (exact) mass is 234 g/mol. The van der Waals surface area contributed by atoms with Crippen LogP contribution in [0.1, 0.15) is 24.8 Å². The molecule has 0 amide bonds. The van der Waals surface area contributed by atoms with Crippen molar-refractivity contribution in [3.8, 4) is 6.07 Å². The second-order valence-electron chi connectivity index (χ2n) is 4.25. The Kier molecular flexibility index (Phi) is 3.82. The first-order chi connectivity index (χ1) is 7.81. The van der Waals surface area contributed by atoms with Gasteiger partial charge in [-0.2, -0.15) is 5.26 Å². The van der Waals surface area contributed by atoms with Gasteiger partial charge in [0, 0.05) is 17.6 Å². The third-order valence-electron chi connectivity index (χ3n) is 3.19. The minimum Gasteiger partial charge on any atom is -0.309 e. The molecule has 0 spiro atoms. The van der Waals surface area contributed by atoms with Crippen LogP contribution in [0.3, 0.4) is 0 Å². The van der Waals surface area contributed by atoms with Crippen LogP contribution in [0.4, 0.5) is 0 Å². The van der Waals surface area contributed by atoms with E-state index in [4.69, 9.17) is 16.9 Å². The van der Waals surface area contributed by atoms with Crippen LogP contribution in [0, 0.1) is 17.2 Å². The molecule has 1 aromatic carbocycles. The number of hydrogen-bond donors (Lipinski definition) is 1. The van der Waals surface area contributed by atoms with Crippen molar-refractivity contribution in [2.45, 2.75) is 31.8 Å². The fraction of sp³-hybridized carbons (Fsp3) is 0.462. The third-order valence-corrected chi connectivity index (χ3v) is 3.56.